The molecule has 2 aromatic heterocycles. The maximum absolute atomic E-state index is 13.8. The minimum Gasteiger partial charge on any atom is -0.351 e. The van der Waals surface area contributed by atoms with Crippen molar-refractivity contribution in [3.8, 4) is 0 Å². The summed E-state index contributed by atoms with van der Waals surface area (Å²) in [5.41, 5.74) is 1.34. The Morgan fingerprint density at radius 2 is 1.97 bits per heavy atom. The molecule has 1 aliphatic carbocycles. The van der Waals surface area contributed by atoms with Crippen LogP contribution in [0.5, 0.6) is 0 Å². The van der Waals surface area contributed by atoms with Gasteiger partial charge in [-0.1, -0.05) is 31.9 Å². The third kappa shape index (κ3) is 3.52. The van der Waals surface area contributed by atoms with E-state index in [0.29, 0.717) is 18.2 Å². The highest BCUT2D eigenvalue weighted by Gasteiger charge is 2.48. The Bertz CT molecular complexity index is 1170. The lowest BCUT2D eigenvalue weighted by atomic mass is 9.85. The Morgan fingerprint density at radius 3 is 2.72 bits per heavy atom. The first kappa shape index (κ1) is 21.2. The van der Waals surface area contributed by atoms with E-state index in [0.717, 1.165) is 35.0 Å². The minimum absolute atomic E-state index is 0.116. The van der Waals surface area contributed by atoms with Gasteiger partial charge in [0.25, 0.3) is 5.91 Å². The molecule has 1 N–H and O–H groups in total. The summed E-state index contributed by atoms with van der Waals surface area (Å²) in [5.74, 6) is -0.181. The number of benzene rings is 1. The molecule has 2 aliphatic rings. The van der Waals surface area contributed by atoms with Crippen LogP contribution in [0.4, 0.5) is 4.39 Å². The Labute approximate surface area is 191 Å². The molecule has 0 bridgehead atoms. The van der Waals surface area contributed by atoms with Crippen LogP contribution in [0.3, 0.4) is 0 Å². The standard InChI is InChI=1S/C25H28FN3O2S/c1-16-5-3-4-6-19(16)27-24(31)25(2)15-28-20-11-12-32-22(20)13-21(28)23(30)29(25)14-17-7-9-18(26)10-8-17/h7-13,16,19H,3-6,14-15H2,1-2H3,(H,27,31)/t16-,19+,25-/m1/s1. The van der Waals surface area contributed by atoms with Crippen LogP contribution in [0, 0.1) is 11.7 Å². The maximum Gasteiger partial charge on any atom is 0.271 e. The number of rotatable bonds is 4. The minimum atomic E-state index is -1.05. The van der Waals surface area contributed by atoms with Crippen LogP contribution in [0.2, 0.25) is 0 Å². The van der Waals surface area contributed by atoms with Crippen molar-refractivity contribution < 1.29 is 14.0 Å². The number of halogens is 1. The van der Waals surface area contributed by atoms with Crippen molar-refractivity contribution in [1.82, 2.24) is 14.8 Å². The summed E-state index contributed by atoms with van der Waals surface area (Å²) >= 11 is 1.59. The lowest BCUT2D eigenvalue weighted by molar-refractivity contribution is -0.134. The van der Waals surface area contributed by atoms with Gasteiger partial charge in [-0.05, 0) is 60.9 Å². The summed E-state index contributed by atoms with van der Waals surface area (Å²) in [6, 6.07) is 10.2. The zero-order chi connectivity index (χ0) is 22.5. The van der Waals surface area contributed by atoms with Gasteiger partial charge < -0.3 is 14.8 Å². The molecule has 3 aromatic rings. The van der Waals surface area contributed by atoms with Crippen LogP contribution in [-0.2, 0) is 17.9 Å². The second-order valence-electron chi connectivity index (χ2n) is 9.42. The Balaban J connectivity index is 1.52. The summed E-state index contributed by atoms with van der Waals surface area (Å²) in [6.45, 7) is 4.69. The summed E-state index contributed by atoms with van der Waals surface area (Å²) < 4.78 is 16.5. The number of carbonyl (C=O) groups is 2. The fourth-order valence-electron chi connectivity index (χ4n) is 5.15. The molecule has 5 nitrogen and oxygen atoms in total. The first-order valence-electron chi connectivity index (χ1n) is 11.3. The van der Waals surface area contributed by atoms with Gasteiger partial charge in [0.05, 0.1) is 16.8 Å². The summed E-state index contributed by atoms with van der Waals surface area (Å²) in [6.07, 6.45) is 4.39. The van der Waals surface area contributed by atoms with Crippen molar-refractivity contribution in [2.75, 3.05) is 0 Å². The van der Waals surface area contributed by atoms with Crippen LogP contribution in [0.15, 0.2) is 41.8 Å². The van der Waals surface area contributed by atoms with E-state index >= 15 is 0 Å². The van der Waals surface area contributed by atoms with E-state index in [1.165, 1.54) is 18.6 Å². The van der Waals surface area contributed by atoms with E-state index in [1.54, 1.807) is 28.4 Å². The van der Waals surface area contributed by atoms with Gasteiger partial charge in [-0.25, -0.2) is 4.39 Å². The van der Waals surface area contributed by atoms with E-state index in [4.69, 9.17) is 0 Å². The first-order valence-corrected chi connectivity index (χ1v) is 12.2. The van der Waals surface area contributed by atoms with Crippen molar-refractivity contribution >= 4 is 33.4 Å². The van der Waals surface area contributed by atoms with Gasteiger partial charge in [-0.3, -0.25) is 9.59 Å². The van der Waals surface area contributed by atoms with Crippen LogP contribution in [-0.4, -0.2) is 32.9 Å². The molecule has 3 atom stereocenters. The van der Waals surface area contributed by atoms with Crippen molar-refractivity contribution in [3.63, 3.8) is 0 Å². The van der Waals surface area contributed by atoms with Gasteiger partial charge in [0.2, 0.25) is 5.91 Å². The molecular formula is C25H28FN3O2S. The Morgan fingerprint density at radius 1 is 1.22 bits per heavy atom. The van der Waals surface area contributed by atoms with Crippen molar-refractivity contribution in [2.24, 2.45) is 5.92 Å². The summed E-state index contributed by atoms with van der Waals surface area (Å²) in [5, 5.41) is 5.29. The maximum atomic E-state index is 13.8. The molecule has 2 amide bonds. The molecule has 1 aliphatic heterocycles. The van der Waals surface area contributed by atoms with Crippen molar-refractivity contribution in [3.05, 3.63) is 58.9 Å². The second kappa shape index (κ2) is 8.03. The zero-order valence-electron chi connectivity index (χ0n) is 18.4. The van der Waals surface area contributed by atoms with Crippen LogP contribution in [0.25, 0.3) is 10.2 Å². The van der Waals surface area contributed by atoms with Crippen LogP contribution in [0.1, 0.15) is 55.6 Å². The Kier molecular flexibility index (Phi) is 5.32. The number of thiophene rings is 1. The molecular weight excluding hydrogens is 425 g/mol. The largest absolute Gasteiger partial charge is 0.351 e. The highest BCUT2D eigenvalue weighted by atomic mass is 32.1. The number of nitrogens with one attached hydrogen (secondary N) is 1. The lowest BCUT2D eigenvalue weighted by Crippen LogP contribution is -2.65. The number of amides is 2. The summed E-state index contributed by atoms with van der Waals surface area (Å²) in [7, 11) is 0. The number of nitrogens with zero attached hydrogens (tertiary/aromatic N) is 2. The molecule has 168 valence electrons. The Hall–Kier alpha value is -2.67. The van der Waals surface area contributed by atoms with Gasteiger partial charge in [-0.2, -0.15) is 0 Å². The normalized spacial score (nSPS) is 25.7. The van der Waals surface area contributed by atoms with Gasteiger partial charge >= 0.3 is 0 Å². The predicted molar refractivity (Wildman–Crippen MR) is 124 cm³/mol. The summed E-state index contributed by atoms with van der Waals surface area (Å²) in [4.78, 5) is 29.1. The number of aromatic nitrogens is 1. The first-order chi connectivity index (χ1) is 15.4. The average Bonchev–Trinajstić information content (AvgIpc) is 3.36. The van der Waals surface area contributed by atoms with E-state index in [2.05, 4.69) is 12.2 Å². The van der Waals surface area contributed by atoms with Crippen LogP contribution >= 0.6 is 11.3 Å². The van der Waals surface area contributed by atoms with Gasteiger partial charge in [-0.15, -0.1) is 11.3 Å². The fourth-order valence-corrected chi connectivity index (χ4v) is 5.97. The topological polar surface area (TPSA) is 54.3 Å². The zero-order valence-corrected chi connectivity index (χ0v) is 19.3. The number of fused-ring (bicyclic) bond motifs is 3. The quantitative estimate of drug-likeness (QED) is 0.608. The third-order valence-electron chi connectivity index (χ3n) is 7.22. The molecule has 3 heterocycles. The predicted octanol–water partition coefficient (Wildman–Crippen LogP) is 4.95. The molecule has 32 heavy (non-hydrogen) atoms. The monoisotopic (exact) mass is 453 g/mol. The van der Waals surface area contributed by atoms with E-state index in [-0.39, 0.29) is 30.2 Å². The average molecular weight is 454 g/mol. The molecule has 1 fully saturated rings. The fraction of sp³-hybridized carbons (Fsp3) is 0.440. The van der Waals surface area contributed by atoms with E-state index in [9.17, 15) is 14.0 Å². The van der Waals surface area contributed by atoms with Gasteiger partial charge in [0, 0.05) is 12.6 Å². The molecule has 0 spiro atoms. The van der Waals surface area contributed by atoms with Crippen molar-refractivity contribution in [1.29, 1.82) is 0 Å². The molecule has 1 saturated carbocycles. The molecule has 0 saturated heterocycles. The molecule has 5 rings (SSSR count). The number of carbonyl (C=O) groups excluding carboxylic acids is 2. The van der Waals surface area contributed by atoms with E-state index < -0.39 is 5.54 Å². The molecule has 1 aromatic carbocycles. The molecule has 7 heteroatoms. The lowest BCUT2D eigenvalue weighted by Gasteiger charge is -2.45. The highest BCUT2D eigenvalue weighted by Crippen LogP contribution is 2.36. The van der Waals surface area contributed by atoms with E-state index in [1.807, 2.05) is 29.0 Å². The van der Waals surface area contributed by atoms with Gasteiger partial charge in [0.15, 0.2) is 0 Å². The molecule has 0 unspecified atom stereocenters. The van der Waals surface area contributed by atoms with Crippen LogP contribution < -0.4 is 5.32 Å². The van der Waals surface area contributed by atoms with Gasteiger partial charge in [0.1, 0.15) is 17.1 Å². The number of hydrogen-bond acceptors (Lipinski definition) is 3. The third-order valence-corrected chi connectivity index (χ3v) is 8.07. The smallest absolute Gasteiger partial charge is 0.271 e. The number of hydrogen-bond donors (Lipinski definition) is 1. The second-order valence-corrected chi connectivity index (χ2v) is 10.4. The van der Waals surface area contributed by atoms with Crippen molar-refractivity contribution in [2.45, 2.75) is 64.2 Å². The highest BCUT2D eigenvalue weighted by molar-refractivity contribution is 7.17. The SMILES string of the molecule is C[C@@H]1CCCC[C@@H]1NC(=O)[C@@]1(C)Cn2c(cc3sccc32)C(=O)N1Cc1ccc(F)cc1. The molecule has 0 radical (unpaired) electrons.